The summed E-state index contributed by atoms with van der Waals surface area (Å²) in [4.78, 5) is 23.5. The number of rotatable bonds is 5. The Balaban J connectivity index is 3.24. The number of carbonyl (C=O) groups is 2. The van der Waals surface area contributed by atoms with E-state index in [2.05, 4.69) is 0 Å². The van der Waals surface area contributed by atoms with E-state index in [1.807, 2.05) is 0 Å². The maximum Gasteiger partial charge on any atom is 0.339 e. The monoisotopic (exact) mass is 252 g/mol. The van der Waals surface area contributed by atoms with Crippen molar-refractivity contribution in [2.45, 2.75) is 20.5 Å². The van der Waals surface area contributed by atoms with Gasteiger partial charge in [0.1, 0.15) is 0 Å². The number of hydrogen-bond donors (Lipinski definition) is 1. The zero-order chi connectivity index (χ0) is 13.5. The molecular formula is C13H16O5. The van der Waals surface area contributed by atoms with Crippen LogP contribution < -0.4 is 0 Å². The average Bonchev–Trinajstić information content (AvgIpc) is 2.38. The fraction of sp³-hybridized carbons (Fsp3) is 0.385. The van der Waals surface area contributed by atoms with Crippen molar-refractivity contribution in [1.82, 2.24) is 0 Å². The normalized spacial score (nSPS) is 9.94. The highest BCUT2D eigenvalue weighted by Gasteiger charge is 2.22. The van der Waals surface area contributed by atoms with Crippen molar-refractivity contribution in [1.29, 1.82) is 0 Å². The Morgan fingerprint density at radius 1 is 1.11 bits per heavy atom. The molecule has 5 heteroatoms. The summed E-state index contributed by atoms with van der Waals surface area (Å²) in [5.41, 5.74) is 0.529. The molecule has 1 N–H and O–H groups in total. The van der Waals surface area contributed by atoms with Gasteiger partial charge in [0, 0.05) is 0 Å². The highest BCUT2D eigenvalue weighted by Crippen LogP contribution is 2.18. The molecule has 0 aromatic heterocycles. The second kappa shape index (κ2) is 6.76. The third-order valence-electron chi connectivity index (χ3n) is 2.30. The van der Waals surface area contributed by atoms with Gasteiger partial charge in [0.15, 0.2) is 0 Å². The molecule has 0 aliphatic rings. The lowest BCUT2D eigenvalue weighted by Crippen LogP contribution is -2.16. The number of carbonyl (C=O) groups excluding carboxylic acids is 2. The average molecular weight is 252 g/mol. The van der Waals surface area contributed by atoms with E-state index >= 15 is 0 Å². The van der Waals surface area contributed by atoms with E-state index in [0.717, 1.165) is 0 Å². The highest BCUT2D eigenvalue weighted by molar-refractivity contribution is 6.04. The quantitative estimate of drug-likeness (QED) is 0.804. The molecule has 0 heterocycles. The van der Waals surface area contributed by atoms with Crippen LogP contribution in [0.2, 0.25) is 0 Å². The van der Waals surface area contributed by atoms with Crippen LogP contribution in [0.15, 0.2) is 18.2 Å². The molecule has 0 unspecified atom stereocenters. The van der Waals surface area contributed by atoms with Gasteiger partial charge in [-0.3, -0.25) is 0 Å². The molecule has 0 atom stereocenters. The maximum absolute atomic E-state index is 11.8. The number of aliphatic hydroxyl groups is 1. The zero-order valence-corrected chi connectivity index (χ0v) is 10.4. The largest absolute Gasteiger partial charge is 0.462 e. The lowest BCUT2D eigenvalue weighted by Gasteiger charge is -2.11. The third kappa shape index (κ3) is 3.07. The minimum absolute atomic E-state index is 0.0697. The van der Waals surface area contributed by atoms with Crippen molar-refractivity contribution >= 4 is 11.9 Å². The smallest absolute Gasteiger partial charge is 0.339 e. The highest BCUT2D eigenvalue weighted by atomic mass is 16.5. The van der Waals surface area contributed by atoms with Gasteiger partial charge in [-0.2, -0.15) is 0 Å². The summed E-state index contributed by atoms with van der Waals surface area (Å²) >= 11 is 0. The first-order valence-corrected chi connectivity index (χ1v) is 5.72. The Morgan fingerprint density at radius 3 is 2.28 bits per heavy atom. The van der Waals surface area contributed by atoms with E-state index in [9.17, 15) is 14.7 Å². The second-order valence-corrected chi connectivity index (χ2v) is 3.44. The Kier molecular flexibility index (Phi) is 5.32. The van der Waals surface area contributed by atoms with Crippen molar-refractivity contribution in [2.24, 2.45) is 0 Å². The molecule has 0 aliphatic heterocycles. The molecule has 0 saturated carbocycles. The summed E-state index contributed by atoms with van der Waals surface area (Å²) in [6, 6.07) is 4.62. The first kappa shape index (κ1) is 14.2. The summed E-state index contributed by atoms with van der Waals surface area (Å²) in [6.07, 6.45) is 0. The van der Waals surface area contributed by atoms with Gasteiger partial charge < -0.3 is 14.6 Å². The van der Waals surface area contributed by atoms with Crippen LogP contribution in [-0.2, 0) is 16.1 Å². The molecule has 0 bridgehead atoms. The number of benzene rings is 1. The van der Waals surface area contributed by atoms with Crippen LogP contribution in [0.4, 0.5) is 0 Å². The molecule has 0 fully saturated rings. The SMILES string of the molecule is CCOC(=O)c1cccc(CO)c1C(=O)OCC. The molecule has 0 aliphatic carbocycles. The zero-order valence-electron chi connectivity index (χ0n) is 10.4. The van der Waals surface area contributed by atoms with Gasteiger partial charge in [-0.25, -0.2) is 9.59 Å². The number of esters is 2. The molecule has 98 valence electrons. The summed E-state index contributed by atoms with van der Waals surface area (Å²) in [5, 5.41) is 9.21. The van der Waals surface area contributed by atoms with Crippen LogP contribution in [0.3, 0.4) is 0 Å². The lowest BCUT2D eigenvalue weighted by atomic mass is 10.0. The summed E-state index contributed by atoms with van der Waals surface area (Å²) in [5.74, 6) is -1.24. The van der Waals surface area contributed by atoms with Gasteiger partial charge >= 0.3 is 11.9 Å². The lowest BCUT2D eigenvalue weighted by molar-refractivity contribution is 0.0476. The van der Waals surface area contributed by atoms with Gasteiger partial charge in [0.05, 0.1) is 30.9 Å². The van der Waals surface area contributed by atoms with E-state index in [0.29, 0.717) is 5.56 Å². The fourth-order valence-electron chi connectivity index (χ4n) is 1.56. The summed E-state index contributed by atoms with van der Waals surface area (Å²) < 4.78 is 9.75. The van der Waals surface area contributed by atoms with E-state index in [-0.39, 0.29) is 30.9 Å². The molecule has 0 radical (unpaired) electrons. The van der Waals surface area contributed by atoms with Crippen LogP contribution in [0.25, 0.3) is 0 Å². The van der Waals surface area contributed by atoms with Gasteiger partial charge in [0.2, 0.25) is 0 Å². The molecule has 5 nitrogen and oxygen atoms in total. The van der Waals surface area contributed by atoms with Crippen molar-refractivity contribution in [3.63, 3.8) is 0 Å². The summed E-state index contributed by atoms with van der Waals surface area (Å²) in [7, 11) is 0. The maximum atomic E-state index is 11.8. The van der Waals surface area contributed by atoms with E-state index in [4.69, 9.17) is 9.47 Å². The Bertz CT molecular complexity index is 439. The predicted molar refractivity (Wildman–Crippen MR) is 64.3 cm³/mol. The molecule has 0 saturated heterocycles. The topological polar surface area (TPSA) is 72.8 Å². The van der Waals surface area contributed by atoms with Gasteiger partial charge in [-0.1, -0.05) is 12.1 Å². The van der Waals surface area contributed by atoms with Crippen LogP contribution in [0.5, 0.6) is 0 Å². The van der Waals surface area contributed by atoms with Gasteiger partial charge in [0.25, 0.3) is 0 Å². The molecule has 18 heavy (non-hydrogen) atoms. The standard InChI is InChI=1S/C13H16O5/c1-3-17-12(15)10-7-5-6-9(8-14)11(10)13(16)18-4-2/h5-7,14H,3-4,8H2,1-2H3. The minimum atomic E-state index is -0.634. The molecule has 0 spiro atoms. The third-order valence-corrected chi connectivity index (χ3v) is 2.30. The van der Waals surface area contributed by atoms with Crippen molar-refractivity contribution in [2.75, 3.05) is 13.2 Å². The van der Waals surface area contributed by atoms with Crippen LogP contribution in [0, 0.1) is 0 Å². The van der Waals surface area contributed by atoms with E-state index in [1.165, 1.54) is 6.07 Å². The Morgan fingerprint density at radius 2 is 1.72 bits per heavy atom. The Hall–Kier alpha value is -1.88. The van der Waals surface area contributed by atoms with E-state index in [1.54, 1.807) is 26.0 Å². The first-order valence-electron chi connectivity index (χ1n) is 5.72. The van der Waals surface area contributed by atoms with Crippen LogP contribution in [-0.4, -0.2) is 30.3 Å². The van der Waals surface area contributed by atoms with E-state index < -0.39 is 11.9 Å². The molecule has 0 amide bonds. The molecule has 1 rings (SSSR count). The molecular weight excluding hydrogens is 236 g/mol. The Labute approximate surface area is 105 Å². The number of hydrogen-bond acceptors (Lipinski definition) is 5. The van der Waals surface area contributed by atoms with Gasteiger partial charge in [-0.05, 0) is 25.5 Å². The van der Waals surface area contributed by atoms with Gasteiger partial charge in [-0.15, -0.1) is 0 Å². The second-order valence-electron chi connectivity index (χ2n) is 3.44. The predicted octanol–water partition coefficient (Wildman–Crippen LogP) is 1.53. The minimum Gasteiger partial charge on any atom is -0.462 e. The molecule has 1 aromatic carbocycles. The van der Waals surface area contributed by atoms with Crippen LogP contribution >= 0.6 is 0 Å². The van der Waals surface area contributed by atoms with Crippen molar-refractivity contribution < 1.29 is 24.2 Å². The number of ether oxygens (including phenoxy) is 2. The molecule has 1 aromatic rings. The summed E-state index contributed by atoms with van der Waals surface area (Å²) in [6.45, 7) is 3.41. The fourth-order valence-corrected chi connectivity index (χ4v) is 1.56. The van der Waals surface area contributed by atoms with Crippen molar-refractivity contribution in [3.8, 4) is 0 Å². The van der Waals surface area contributed by atoms with Crippen molar-refractivity contribution in [3.05, 3.63) is 34.9 Å². The number of aliphatic hydroxyl groups excluding tert-OH is 1. The van der Waals surface area contributed by atoms with Crippen LogP contribution in [0.1, 0.15) is 40.1 Å². The first-order chi connectivity index (χ1) is 8.65.